The summed E-state index contributed by atoms with van der Waals surface area (Å²) >= 11 is 1.27. The number of amides is 1. The number of fused-ring (bicyclic) bond motifs is 1. The quantitative estimate of drug-likeness (QED) is 0.668. The van der Waals surface area contributed by atoms with Crippen LogP contribution in [0.2, 0.25) is 0 Å². The summed E-state index contributed by atoms with van der Waals surface area (Å²) in [4.78, 5) is 17.3. The van der Waals surface area contributed by atoms with E-state index < -0.39 is 10.0 Å². The van der Waals surface area contributed by atoms with Crippen LogP contribution in [0, 0.1) is 0 Å². The smallest absolute Gasteiger partial charge is 0.266 e. The number of carbonyl (C=O) groups is 1. The fraction of sp³-hybridized carbons (Fsp3) is 0.300. The van der Waals surface area contributed by atoms with Crippen molar-refractivity contribution < 1.29 is 13.2 Å². The van der Waals surface area contributed by atoms with Crippen molar-refractivity contribution in [3.8, 4) is 0 Å². The molecule has 4 rings (SSSR count). The highest BCUT2D eigenvalue weighted by Crippen LogP contribution is 2.32. The van der Waals surface area contributed by atoms with E-state index in [0.29, 0.717) is 10.6 Å². The van der Waals surface area contributed by atoms with Crippen LogP contribution >= 0.6 is 11.3 Å². The fourth-order valence-electron chi connectivity index (χ4n) is 3.42. The van der Waals surface area contributed by atoms with Gasteiger partial charge in [-0.3, -0.25) is 4.79 Å². The molecule has 2 aromatic carbocycles. The monoisotopic (exact) mass is 415 g/mol. The third-order valence-corrected chi connectivity index (χ3v) is 7.76. The highest BCUT2D eigenvalue weighted by atomic mass is 32.2. The molecular formula is C20H21N3O3S2. The third-order valence-electron chi connectivity index (χ3n) is 4.83. The molecule has 0 radical (unpaired) electrons. The lowest BCUT2D eigenvalue weighted by molar-refractivity contribution is -0.120. The Balaban J connectivity index is 1.69. The Bertz CT molecular complexity index is 1040. The van der Waals surface area contributed by atoms with Crippen molar-refractivity contribution in [2.24, 2.45) is 0 Å². The van der Waals surface area contributed by atoms with Gasteiger partial charge in [0.15, 0.2) is 0 Å². The maximum Gasteiger partial charge on any atom is 0.266 e. The maximum absolute atomic E-state index is 13.3. The molecule has 6 nitrogen and oxygen atoms in total. The van der Waals surface area contributed by atoms with Crippen LogP contribution in [0.5, 0.6) is 0 Å². The topological polar surface area (TPSA) is 79.4 Å². The third kappa shape index (κ3) is 3.88. The Morgan fingerprint density at radius 3 is 2.46 bits per heavy atom. The Hall–Kier alpha value is -2.45. The molecule has 1 heterocycles. The lowest BCUT2D eigenvalue weighted by Gasteiger charge is -2.22. The van der Waals surface area contributed by atoms with E-state index in [2.05, 4.69) is 10.3 Å². The number of para-hydroxylation sites is 1. The van der Waals surface area contributed by atoms with Crippen LogP contribution in [-0.4, -0.2) is 31.9 Å². The first kappa shape index (κ1) is 18.9. The summed E-state index contributed by atoms with van der Waals surface area (Å²) in [6.07, 6.45) is 4.07. The summed E-state index contributed by atoms with van der Waals surface area (Å²) in [5.74, 6) is -0.300. The van der Waals surface area contributed by atoms with Crippen molar-refractivity contribution in [3.63, 3.8) is 0 Å². The zero-order chi connectivity index (χ0) is 19.6. The second-order valence-electron chi connectivity index (χ2n) is 6.84. The number of anilines is 1. The largest absolute Gasteiger partial charge is 0.352 e. The predicted molar refractivity (Wildman–Crippen MR) is 111 cm³/mol. The molecule has 0 atom stereocenters. The number of rotatable bonds is 6. The molecule has 8 heteroatoms. The summed E-state index contributed by atoms with van der Waals surface area (Å²) in [6, 6.07) is 15.8. The lowest BCUT2D eigenvalue weighted by atomic mass is 10.2. The predicted octanol–water partition coefficient (Wildman–Crippen LogP) is 3.55. The molecule has 28 heavy (non-hydrogen) atoms. The van der Waals surface area contributed by atoms with Gasteiger partial charge < -0.3 is 5.32 Å². The summed E-state index contributed by atoms with van der Waals surface area (Å²) in [7, 11) is -3.91. The zero-order valence-corrected chi connectivity index (χ0v) is 16.9. The van der Waals surface area contributed by atoms with Crippen LogP contribution in [0.15, 0.2) is 59.5 Å². The maximum atomic E-state index is 13.3. The molecule has 1 aromatic heterocycles. The minimum Gasteiger partial charge on any atom is -0.352 e. The Morgan fingerprint density at radius 2 is 1.75 bits per heavy atom. The molecule has 1 N–H and O–H groups in total. The highest BCUT2D eigenvalue weighted by Gasteiger charge is 2.30. The van der Waals surface area contributed by atoms with E-state index in [-0.39, 0.29) is 23.4 Å². The molecule has 1 aliphatic rings. The van der Waals surface area contributed by atoms with Gasteiger partial charge in [-0.2, -0.15) is 0 Å². The number of benzene rings is 2. The van der Waals surface area contributed by atoms with E-state index in [0.717, 1.165) is 34.7 Å². The first-order chi connectivity index (χ1) is 13.5. The number of aromatic nitrogens is 1. The van der Waals surface area contributed by atoms with Gasteiger partial charge in [-0.15, -0.1) is 0 Å². The van der Waals surface area contributed by atoms with Crippen molar-refractivity contribution in [1.29, 1.82) is 0 Å². The van der Waals surface area contributed by atoms with E-state index in [1.54, 1.807) is 18.2 Å². The normalized spacial score (nSPS) is 15.0. The van der Waals surface area contributed by atoms with E-state index in [4.69, 9.17) is 0 Å². The van der Waals surface area contributed by atoms with Crippen LogP contribution < -0.4 is 9.62 Å². The van der Waals surface area contributed by atoms with Gasteiger partial charge in [0, 0.05) is 6.04 Å². The van der Waals surface area contributed by atoms with Crippen molar-refractivity contribution in [3.05, 3.63) is 54.6 Å². The summed E-state index contributed by atoms with van der Waals surface area (Å²) in [6.45, 7) is -0.284. The fourth-order valence-corrected chi connectivity index (χ4v) is 5.98. The van der Waals surface area contributed by atoms with Gasteiger partial charge in [-0.1, -0.05) is 54.5 Å². The van der Waals surface area contributed by atoms with E-state index >= 15 is 0 Å². The number of sulfonamides is 1. The molecule has 1 saturated carbocycles. The summed E-state index contributed by atoms with van der Waals surface area (Å²) in [5.41, 5.74) is 0.715. The molecule has 0 aliphatic heterocycles. The molecular weight excluding hydrogens is 394 g/mol. The standard InChI is InChI=1S/C20H21N3O3S2/c24-19(21-15-8-4-5-9-15)14-23(28(25,26)16-10-2-1-3-11-16)20-22-17-12-6-7-13-18(17)27-20/h1-3,6-7,10-13,15H,4-5,8-9,14H2,(H,21,24). The molecule has 0 bridgehead atoms. The van der Waals surface area contributed by atoms with Crippen LogP contribution in [0.25, 0.3) is 10.2 Å². The highest BCUT2D eigenvalue weighted by molar-refractivity contribution is 7.93. The minimum absolute atomic E-state index is 0.129. The SMILES string of the molecule is O=C(CN(c1nc2ccccc2s1)S(=O)(=O)c1ccccc1)NC1CCCC1. The average molecular weight is 416 g/mol. The molecule has 1 aliphatic carbocycles. The average Bonchev–Trinajstić information content (AvgIpc) is 3.36. The van der Waals surface area contributed by atoms with Crippen molar-refractivity contribution in [2.45, 2.75) is 36.6 Å². The van der Waals surface area contributed by atoms with Gasteiger partial charge >= 0.3 is 0 Å². The van der Waals surface area contributed by atoms with Gasteiger partial charge in [0.2, 0.25) is 11.0 Å². The molecule has 1 amide bonds. The van der Waals surface area contributed by atoms with Gasteiger partial charge in [0.1, 0.15) is 6.54 Å². The zero-order valence-electron chi connectivity index (χ0n) is 15.2. The Morgan fingerprint density at radius 1 is 1.07 bits per heavy atom. The van der Waals surface area contributed by atoms with E-state index in [9.17, 15) is 13.2 Å². The number of thiazole rings is 1. The van der Waals surface area contributed by atoms with Crippen LogP contribution in [0.1, 0.15) is 25.7 Å². The number of nitrogens with one attached hydrogen (secondary N) is 1. The molecule has 0 spiro atoms. The molecule has 1 fully saturated rings. The number of hydrogen-bond acceptors (Lipinski definition) is 5. The van der Waals surface area contributed by atoms with Crippen LogP contribution in [0.3, 0.4) is 0 Å². The Kier molecular flexibility index (Phi) is 5.32. The number of hydrogen-bond donors (Lipinski definition) is 1. The van der Waals surface area contributed by atoms with Crippen molar-refractivity contribution in [1.82, 2.24) is 10.3 Å². The Labute approximate surface area is 168 Å². The first-order valence-electron chi connectivity index (χ1n) is 9.27. The van der Waals surface area contributed by atoms with Gasteiger partial charge in [0.25, 0.3) is 10.0 Å². The van der Waals surface area contributed by atoms with Crippen molar-refractivity contribution in [2.75, 3.05) is 10.8 Å². The van der Waals surface area contributed by atoms with Crippen LogP contribution in [0.4, 0.5) is 5.13 Å². The number of nitrogens with zero attached hydrogens (tertiary/aromatic N) is 2. The van der Waals surface area contributed by atoms with Gasteiger partial charge in [-0.25, -0.2) is 17.7 Å². The summed E-state index contributed by atoms with van der Waals surface area (Å²) in [5, 5.41) is 3.27. The van der Waals surface area contributed by atoms with Gasteiger partial charge in [0.05, 0.1) is 15.1 Å². The van der Waals surface area contributed by atoms with E-state index in [1.165, 1.54) is 23.5 Å². The van der Waals surface area contributed by atoms with E-state index in [1.807, 2.05) is 24.3 Å². The minimum atomic E-state index is -3.91. The van der Waals surface area contributed by atoms with Crippen LogP contribution in [-0.2, 0) is 14.8 Å². The second kappa shape index (κ2) is 7.89. The van der Waals surface area contributed by atoms with Crippen molar-refractivity contribution >= 4 is 42.6 Å². The van der Waals surface area contributed by atoms with Gasteiger partial charge in [-0.05, 0) is 37.1 Å². The molecule has 3 aromatic rings. The molecule has 0 unspecified atom stereocenters. The first-order valence-corrected chi connectivity index (χ1v) is 11.5. The second-order valence-corrected chi connectivity index (χ2v) is 9.71. The molecule has 0 saturated heterocycles. The number of carbonyl (C=O) groups excluding carboxylic acids is 1. The summed E-state index contributed by atoms with van der Waals surface area (Å²) < 4.78 is 28.6. The molecule has 146 valence electrons. The lowest BCUT2D eigenvalue weighted by Crippen LogP contribution is -2.43.